The maximum absolute atomic E-state index is 12.4. The van der Waals surface area contributed by atoms with Crippen LogP contribution in [0.2, 0.25) is 0 Å². The summed E-state index contributed by atoms with van der Waals surface area (Å²) in [5.74, 6) is -0.381. The number of nitrogens with two attached hydrogens (primary N) is 1. The van der Waals surface area contributed by atoms with Crippen molar-refractivity contribution in [3.63, 3.8) is 0 Å². The Labute approximate surface area is 143 Å². The highest BCUT2D eigenvalue weighted by Crippen LogP contribution is 2.19. The predicted molar refractivity (Wildman–Crippen MR) is 92.7 cm³/mol. The monoisotopic (exact) mass is 333 g/mol. The van der Waals surface area contributed by atoms with Gasteiger partial charge in [0, 0.05) is 45.3 Å². The van der Waals surface area contributed by atoms with Gasteiger partial charge >= 0.3 is 0 Å². The number of benzene rings is 1. The Hall–Kier alpha value is -1.92. The molecule has 1 heterocycles. The maximum Gasteiger partial charge on any atom is 0.248 e. The first kappa shape index (κ1) is 18.4. The summed E-state index contributed by atoms with van der Waals surface area (Å²) in [5.41, 5.74) is 6.69. The fourth-order valence-corrected chi connectivity index (χ4v) is 3.24. The number of amides is 2. The SMILES string of the molecule is CO[C@H]1C[C@@H](CN(C)C(=O)CCc2ccccc2C(N)=O)N(C)C1. The van der Waals surface area contributed by atoms with E-state index >= 15 is 0 Å². The molecule has 1 fully saturated rings. The van der Waals surface area contributed by atoms with Crippen molar-refractivity contribution in [3.8, 4) is 0 Å². The van der Waals surface area contributed by atoms with Crippen molar-refractivity contribution in [1.29, 1.82) is 0 Å². The summed E-state index contributed by atoms with van der Waals surface area (Å²) in [4.78, 5) is 27.8. The van der Waals surface area contributed by atoms with Crippen molar-refractivity contribution >= 4 is 11.8 Å². The number of ether oxygens (including phenoxy) is 1. The molecule has 6 nitrogen and oxygen atoms in total. The number of likely N-dealkylation sites (N-methyl/N-ethyl adjacent to an activating group) is 2. The second kappa shape index (κ2) is 8.26. The molecule has 0 radical (unpaired) electrons. The number of likely N-dealkylation sites (tertiary alicyclic amines) is 1. The molecule has 0 aromatic heterocycles. The Morgan fingerprint density at radius 1 is 1.38 bits per heavy atom. The molecular weight excluding hydrogens is 306 g/mol. The molecule has 132 valence electrons. The minimum Gasteiger partial charge on any atom is -0.380 e. The van der Waals surface area contributed by atoms with Crippen molar-refractivity contribution < 1.29 is 14.3 Å². The fraction of sp³-hybridized carbons (Fsp3) is 0.556. The Kier molecular flexibility index (Phi) is 6.34. The standard InChI is InChI=1S/C18H27N3O3/c1-20-12-15(24-3)10-14(20)11-21(2)17(22)9-8-13-6-4-5-7-16(13)18(19)23/h4-7,14-15H,8-12H2,1-3H3,(H2,19,23)/t14-,15-/m0/s1. The molecule has 2 rings (SSSR count). The lowest BCUT2D eigenvalue weighted by atomic mass is 10.0. The number of carbonyl (C=O) groups is 2. The summed E-state index contributed by atoms with van der Waals surface area (Å²) in [6, 6.07) is 7.50. The van der Waals surface area contributed by atoms with Crippen LogP contribution in [0.15, 0.2) is 24.3 Å². The highest BCUT2D eigenvalue weighted by Gasteiger charge is 2.30. The number of aryl methyl sites for hydroxylation is 1. The first-order valence-corrected chi connectivity index (χ1v) is 8.27. The molecule has 0 spiro atoms. The first-order valence-electron chi connectivity index (χ1n) is 8.27. The molecule has 2 amide bonds. The molecule has 1 saturated heterocycles. The minimum atomic E-state index is -0.454. The van der Waals surface area contributed by atoms with Crippen LogP contribution in [0.25, 0.3) is 0 Å². The largest absolute Gasteiger partial charge is 0.380 e. The normalized spacial score (nSPS) is 21.0. The Bertz CT molecular complexity index is 591. The van der Waals surface area contributed by atoms with Crippen molar-refractivity contribution in [3.05, 3.63) is 35.4 Å². The van der Waals surface area contributed by atoms with Gasteiger partial charge in [-0.25, -0.2) is 0 Å². The number of rotatable bonds is 7. The lowest BCUT2D eigenvalue weighted by molar-refractivity contribution is -0.130. The molecule has 2 atom stereocenters. The van der Waals surface area contributed by atoms with E-state index in [1.54, 1.807) is 24.1 Å². The van der Waals surface area contributed by atoms with E-state index in [2.05, 4.69) is 11.9 Å². The summed E-state index contributed by atoms with van der Waals surface area (Å²) in [6.07, 6.45) is 2.06. The van der Waals surface area contributed by atoms with Gasteiger partial charge < -0.3 is 15.4 Å². The van der Waals surface area contributed by atoms with Crippen LogP contribution in [0.3, 0.4) is 0 Å². The number of primary amides is 1. The molecule has 24 heavy (non-hydrogen) atoms. The topological polar surface area (TPSA) is 75.9 Å². The van der Waals surface area contributed by atoms with Crippen molar-refractivity contribution in [2.75, 3.05) is 34.3 Å². The third kappa shape index (κ3) is 4.55. The Morgan fingerprint density at radius 3 is 2.71 bits per heavy atom. The fourth-order valence-electron chi connectivity index (χ4n) is 3.24. The van der Waals surface area contributed by atoms with Gasteiger partial charge in [0.05, 0.1) is 6.10 Å². The molecule has 6 heteroatoms. The summed E-state index contributed by atoms with van der Waals surface area (Å²) in [6.45, 7) is 1.59. The van der Waals surface area contributed by atoms with Crippen molar-refractivity contribution in [1.82, 2.24) is 9.80 Å². The maximum atomic E-state index is 12.4. The van der Waals surface area contributed by atoms with E-state index in [-0.39, 0.29) is 12.0 Å². The summed E-state index contributed by atoms with van der Waals surface area (Å²) in [7, 11) is 5.62. The number of hydrogen-bond acceptors (Lipinski definition) is 4. The molecule has 2 N–H and O–H groups in total. The van der Waals surface area contributed by atoms with Gasteiger partial charge in [-0.1, -0.05) is 18.2 Å². The van der Waals surface area contributed by atoms with Gasteiger partial charge in [-0.05, 0) is 31.5 Å². The quantitative estimate of drug-likeness (QED) is 0.804. The van der Waals surface area contributed by atoms with E-state index in [4.69, 9.17) is 10.5 Å². The van der Waals surface area contributed by atoms with Gasteiger partial charge in [-0.3, -0.25) is 14.5 Å². The van der Waals surface area contributed by atoms with Crippen LogP contribution in [0, 0.1) is 0 Å². The van der Waals surface area contributed by atoms with Crippen LogP contribution in [-0.4, -0.2) is 68.1 Å². The highest BCUT2D eigenvalue weighted by molar-refractivity contribution is 5.94. The van der Waals surface area contributed by atoms with Crippen molar-refractivity contribution in [2.24, 2.45) is 5.73 Å². The van der Waals surface area contributed by atoms with E-state index in [0.29, 0.717) is 31.0 Å². The lowest BCUT2D eigenvalue weighted by Crippen LogP contribution is -2.39. The van der Waals surface area contributed by atoms with Crippen LogP contribution >= 0.6 is 0 Å². The highest BCUT2D eigenvalue weighted by atomic mass is 16.5. The minimum absolute atomic E-state index is 0.0727. The molecule has 0 bridgehead atoms. The third-order valence-electron chi connectivity index (χ3n) is 4.78. The zero-order valence-corrected chi connectivity index (χ0v) is 14.7. The number of hydrogen-bond donors (Lipinski definition) is 1. The molecule has 1 aromatic rings. The first-order chi connectivity index (χ1) is 11.4. The van der Waals surface area contributed by atoms with Gasteiger partial charge in [-0.2, -0.15) is 0 Å². The molecule has 1 aliphatic heterocycles. The van der Waals surface area contributed by atoms with Gasteiger partial charge in [-0.15, -0.1) is 0 Å². The van der Waals surface area contributed by atoms with Crippen LogP contribution in [0.1, 0.15) is 28.8 Å². The average Bonchev–Trinajstić information content (AvgIpc) is 2.92. The molecular formula is C18H27N3O3. The Morgan fingerprint density at radius 2 is 2.08 bits per heavy atom. The summed E-state index contributed by atoms with van der Waals surface area (Å²) >= 11 is 0. The van der Waals surface area contributed by atoms with Gasteiger partial charge in [0.1, 0.15) is 0 Å². The van der Waals surface area contributed by atoms with Crippen LogP contribution in [0.5, 0.6) is 0 Å². The van der Waals surface area contributed by atoms with E-state index < -0.39 is 5.91 Å². The van der Waals surface area contributed by atoms with Gasteiger partial charge in [0.25, 0.3) is 0 Å². The number of carbonyl (C=O) groups excluding carboxylic acids is 2. The van der Waals surface area contributed by atoms with Crippen LogP contribution in [0.4, 0.5) is 0 Å². The smallest absolute Gasteiger partial charge is 0.248 e. The van der Waals surface area contributed by atoms with Gasteiger partial charge in [0.2, 0.25) is 11.8 Å². The zero-order chi connectivity index (χ0) is 17.7. The van der Waals surface area contributed by atoms with Crippen molar-refractivity contribution in [2.45, 2.75) is 31.4 Å². The van der Waals surface area contributed by atoms with Gasteiger partial charge in [0.15, 0.2) is 0 Å². The van der Waals surface area contributed by atoms with E-state index in [0.717, 1.165) is 18.5 Å². The molecule has 0 saturated carbocycles. The average molecular weight is 333 g/mol. The molecule has 0 unspecified atom stereocenters. The van der Waals surface area contributed by atoms with Crippen LogP contribution in [-0.2, 0) is 16.0 Å². The second-order valence-electron chi connectivity index (χ2n) is 6.48. The molecule has 0 aliphatic carbocycles. The van der Waals surface area contributed by atoms with E-state index in [9.17, 15) is 9.59 Å². The third-order valence-corrected chi connectivity index (χ3v) is 4.78. The number of nitrogens with zero attached hydrogens (tertiary/aromatic N) is 2. The second-order valence-corrected chi connectivity index (χ2v) is 6.48. The van der Waals surface area contributed by atoms with Crippen LogP contribution < -0.4 is 5.73 Å². The summed E-state index contributed by atoms with van der Waals surface area (Å²) in [5, 5.41) is 0. The van der Waals surface area contributed by atoms with E-state index in [1.165, 1.54) is 0 Å². The molecule has 1 aromatic carbocycles. The zero-order valence-electron chi connectivity index (χ0n) is 14.7. The molecule has 1 aliphatic rings. The predicted octanol–water partition coefficient (Wildman–Crippen LogP) is 0.896. The van der Waals surface area contributed by atoms with E-state index in [1.807, 2.05) is 19.2 Å². The summed E-state index contributed by atoms with van der Waals surface area (Å²) < 4.78 is 5.41. The number of methoxy groups -OCH3 is 1. The Balaban J connectivity index is 1.87. The lowest BCUT2D eigenvalue weighted by Gasteiger charge is -2.25.